The standard InChI is InChI=1S/C13H15BrN2S/c1-9-4-3-5-11(15)13(9)16(2)8-10-6-7-12(14)17-10/h3-7H,8,15H2,1-2H3. The van der Waals surface area contributed by atoms with E-state index in [9.17, 15) is 0 Å². The van der Waals surface area contributed by atoms with Crippen LogP contribution in [0.5, 0.6) is 0 Å². The molecule has 1 aromatic carbocycles. The van der Waals surface area contributed by atoms with E-state index in [2.05, 4.69) is 53.0 Å². The number of nitrogens with two attached hydrogens (primary N) is 1. The first-order valence-electron chi connectivity index (χ1n) is 5.38. The average molecular weight is 311 g/mol. The van der Waals surface area contributed by atoms with Crippen molar-refractivity contribution < 1.29 is 0 Å². The molecule has 2 N–H and O–H groups in total. The number of hydrogen-bond acceptors (Lipinski definition) is 3. The Kier molecular flexibility index (Phi) is 3.74. The Morgan fingerprint density at radius 2 is 2.06 bits per heavy atom. The molecule has 4 heteroatoms. The number of rotatable bonds is 3. The molecular weight excluding hydrogens is 296 g/mol. The number of nitrogen functional groups attached to an aromatic ring is 1. The van der Waals surface area contributed by atoms with Gasteiger partial charge in [0.2, 0.25) is 0 Å². The van der Waals surface area contributed by atoms with Crippen molar-refractivity contribution in [3.63, 3.8) is 0 Å². The Labute approximate surface area is 114 Å². The molecule has 1 aromatic heterocycles. The van der Waals surface area contributed by atoms with Crippen molar-refractivity contribution in [1.29, 1.82) is 0 Å². The van der Waals surface area contributed by atoms with E-state index in [4.69, 9.17) is 5.73 Å². The fourth-order valence-corrected chi connectivity index (χ4v) is 3.49. The van der Waals surface area contributed by atoms with Gasteiger partial charge in [-0.05, 0) is 46.6 Å². The molecule has 0 saturated heterocycles. The summed E-state index contributed by atoms with van der Waals surface area (Å²) in [7, 11) is 2.08. The van der Waals surface area contributed by atoms with E-state index in [-0.39, 0.29) is 0 Å². The van der Waals surface area contributed by atoms with Gasteiger partial charge in [0.1, 0.15) is 0 Å². The molecule has 2 nitrogen and oxygen atoms in total. The molecule has 0 fully saturated rings. The van der Waals surface area contributed by atoms with E-state index >= 15 is 0 Å². The fraction of sp³-hybridized carbons (Fsp3) is 0.231. The van der Waals surface area contributed by atoms with Crippen LogP contribution in [0.25, 0.3) is 0 Å². The quantitative estimate of drug-likeness (QED) is 0.867. The monoisotopic (exact) mass is 310 g/mol. The van der Waals surface area contributed by atoms with Crippen molar-refractivity contribution in [3.05, 3.63) is 44.6 Å². The molecule has 0 aliphatic carbocycles. The lowest BCUT2D eigenvalue weighted by atomic mass is 10.1. The second kappa shape index (κ2) is 5.10. The average Bonchev–Trinajstić information content (AvgIpc) is 2.63. The third kappa shape index (κ3) is 2.82. The van der Waals surface area contributed by atoms with Gasteiger partial charge in [0.15, 0.2) is 0 Å². The van der Waals surface area contributed by atoms with Gasteiger partial charge in [-0.3, -0.25) is 0 Å². The van der Waals surface area contributed by atoms with Crippen LogP contribution in [-0.2, 0) is 6.54 Å². The molecule has 0 aliphatic heterocycles. The van der Waals surface area contributed by atoms with Crippen LogP contribution in [0.15, 0.2) is 34.1 Å². The molecule has 2 aromatic rings. The third-order valence-corrected chi connectivity index (χ3v) is 4.28. The van der Waals surface area contributed by atoms with Crippen LogP contribution in [0.4, 0.5) is 11.4 Å². The fourth-order valence-electron chi connectivity index (χ4n) is 1.95. The van der Waals surface area contributed by atoms with Crippen LogP contribution in [0, 0.1) is 6.92 Å². The lowest BCUT2D eigenvalue weighted by Gasteiger charge is -2.22. The second-order valence-electron chi connectivity index (χ2n) is 4.07. The zero-order valence-electron chi connectivity index (χ0n) is 9.90. The number of thiophene rings is 1. The molecule has 2 rings (SSSR count). The van der Waals surface area contributed by atoms with E-state index in [0.29, 0.717) is 0 Å². The first-order chi connectivity index (χ1) is 8.08. The molecule has 0 aliphatic rings. The van der Waals surface area contributed by atoms with Crippen molar-refractivity contribution in [2.24, 2.45) is 0 Å². The summed E-state index contributed by atoms with van der Waals surface area (Å²) in [5.74, 6) is 0. The van der Waals surface area contributed by atoms with E-state index in [0.717, 1.165) is 17.9 Å². The predicted octanol–water partition coefficient (Wildman–Crippen LogP) is 4.04. The van der Waals surface area contributed by atoms with Gasteiger partial charge in [0.25, 0.3) is 0 Å². The molecule has 0 saturated carbocycles. The van der Waals surface area contributed by atoms with Gasteiger partial charge >= 0.3 is 0 Å². The van der Waals surface area contributed by atoms with Crippen LogP contribution in [0.2, 0.25) is 0 Å². The summed E-state index contributed by atoms with van der Waals surface area (Å²) in [6.07, 6.45) is 0. The summed E-state index contributed by atoms with van der Waals surface area (Å²) in [6, 6.07) is 10.2. The molecule has 0 radical (unpaired) electrons. The zero-order valence-corrected chi connectivity index (χ0v) is 12.3. The second-order valence-corrected chi connectivity index (χ2v) is 6.62. The summed E-state index contributed by atoms with van der Waals surface area (Å²) in [5, 5.41) is 0. The lowest BCUT2D eigenvalue weighted by Crippen LogP contribution is -2.18. The molecule has 17 heavy (non-hydrogen) atoms. The van der Waals surface area contributed by atoms with E-state index in [1.54, 1.807) is 11.3 Å². The van der Waals surface area contributed by atoms with E-state index in [1.807, 2.05) is 12.1 Å². The summed E-state index contributed by atoms with van der Waals surface area (Å²) in [6.45, 7) is 2.97. The summed E-state index contributed by atoms with van der Waals surface area (Å²) in [5.41, 5.74) is 9.20. The van der Waals surface area contributed by atoms with Gasteiger partial charge in [0, 0.05) is 11.9 Å². The van der Waals surface area contributed by atoms with Gasteiger partial charge in [0.05, 0.1) is 21.7 Å². The highest BCUT2D eigenvalue weighted by Crippen LogP contribution is 2.29. The number of nitrogens with zero attached hydrogens (tertiary/aromatic N) is 1. The smallest absolute Gasteiger partial charge is 0.0702 e. The highest BCUT2D eigenvalue weighted by molar-refractivity contribution is 9.11. The summed E-state index contributed by atoms with van der Waals surface area (Å²) < 4.78 is 1.17. The van der Waals surface area contributed by atoms with Crippen molar-refractivity contribution in [3.8, 4) is 0 Å². The molecular formula is C13H15BrN2S. The van der Waals surface area contributed by atoms with Crippen LogP contribution in [0.3, 0.4) is 0 Å². The number of halogens is 1. The molecule has 0 bridgehead atoms. The molecule has 1 heterocycles. The Morgan fingerprint density at radius 3 is 2.65 bits per heavy atom. The maximum atomic E-state index is 6.03. The number of aryl methyl sites for hydroxylation is 1. The minimum atomic E-state index is 0.836. The Hall–Kier alpha value is -1.000. The van der Waals surface area contributed by atoms with Gasteiger partial charge in [-0.15, -0.1) is 11.3 Å². The van der Waals surface area contributed by atoms with Crippen LogP contribution in [0.1, 0.15) is 10.4 Å². The van der Waals surface area contributed by atoms with Gasteiger partial charge in [-0.1, -0.05) is 12.1 Å². The maximum Gasteiger partial charge on any atom is 0.0702 e. The highest BCUT2D eigenvalue weighted by Gasteiger charge is 2.09. The van der Waals surface area contributed by atoms with Crippen molar-refractivity contribution >= 4 is 38.6 Å². The Morgan fingerprint density at radius 1 is 1.29 bits per heavy atom. The van der Waals surface area contributed by atoms with Crippen LogP contribution >= 0.6 is 27.3 Å². The number of hydrogen-bond donors (Lipinski definition) is 1. The number of benzene rings is 1. The summed E-state index contributed by atoms with van der Waals surface area (Å²) >= 11 is 5.24. The van der Waals surface area contributed by atoms with Crippen LogP contribution in [-0.4, -0.2) is 7.05 Å². The normalized spacial score (nSPS) is 10.5. The molecule has 90 valence electrons. The third-order valence-electron chi connectivity index (χ3n) is 2.67. The summed E-state index contributed by atoms with van der Waals surface area (Å²) in [4.78, 5) is 3.52. The van der Waals surface area contributed by atoms with Crippen molar-refractivity contribution in [2.75, 3.05) is 17.7 Å². The Balaban J connectivity index is 2.22. The first-order valence-corrected chi connectivity index (χ1v) is 6.99. The van der Waals surface area contributed by atoms with Crippen LogP contribution < -0.4 is 10.6 Å². The molecule has 0 amide bonds. The van der Waals surface area contributed by atoms with Gasteiger partial charge in [-0.2, -0.15) is 0 Å². The minimum absolute atomic E-state index is 0.836. The SMILES string of the molecule is Cc1cccc(N)c1N(C)Cc1ccc(Br)s1. The number of para-hydroxylation sites is 1. The highest BCUT2D eigenvalue weighted by atomic mass is 79.9. The molecule has 0 unspecified atom stereocenters. The largest absolute Gasteiger partial charge is 0.397 e. The van der Waals surface area contributed by atoms with Crippen molar-refractivity contribution in [1.82, 2.24) is 0 Å². The maximum absolute atomic E-state index is 6.03. The molecule has 0 spiro atoms. The lowest BCUT2D eigenvalue weighted by molar-refractivity contribution is 0.936. The van der Waals surface area contributed by atoms with Gasteiger partial charge < -0.3 is 10.6 Å². The topological polar surface area (TPSA) is 29.3 Å². The van der Waals surface area contributed by atoms with E-state index < -0.39 is 0 Å². The first kappa shape index (κ1) is 12.5. The van der Waals surface area contributed by atoms with Gasteiger partial charge in [-0.25, -0.2) is 0 Å². The number of anilines is 2. The van der Waals surface area contributed by atoms with Crippen molar-refractivity contribution in [2.45, 2.75) is 13.5 Å². The van der Waals surface area contributed by atoms with E-state index in [1.165, 1.54) is 14.2 Å². The zero-order chi connectivity index (χ0) is 12.4. The molecule has 0 atom stereocenters. The Bertz CT molecular complexity index is 502. The predicted molar refractivity (Wildman–Crippen MR) is 79.7 cm³/mol. The minimum Gasteiger partial charge on any atom is -0.397 e.